The first-order valence-corrected chi connectivity index (χ1v) is 5.44. The maximum Gasteiger partial charge on any atom is 0.265 e. The minimum absolute atomic E-state index is 0.0404. The van der Waals surface area contributed by atoms with E-state index in [1.807, 2.05) is 37.3 Å². The molecule has 0 saturated heterocycles. The minimum Gasteiger partial charge on any atom is -0.271 e. The van der Waals surface area contributed by atoms with E-state index in [1.54, 1.807) is 7.05 Å². The van der Waals surface area contributed by atoms with Crippen LogP contribution in [0.1, 0.15) is 12.5 Å². The van der Waals surface area contributed by atoms with Crippen LogP contribution in [0.5, 0.6) is 0 Å². The van der Waals surface area contributed by atoms with Gasteiger partial charge < -0.3 is 0 Å². The molecule has 78 valence electrons. The van der Waals surface area contributed by atoms with E-state index in [0.29, 0.717) is 0 Å². The van der Waals surface area contributed by atoms with Gasteiger partial charge in [-0.3, -0.25) is 4.79 Å². The van der Waals surface area contributed by atoms with Crippen molar-refractivity contribution in [2.24, 2.45) is 5.10 Å². The fourth-order valence-electron chi connectivity index (χ4n) is 1.62. The number of alkyl halides is 1. The zero-order chi connectivity index (χ0) is 11.1. The Morgan fingerprint density at radius 2 is 1.93 bits per heavy atom. The molecule has 0 aliphatic carbocycles. The molecular formula is C11H11BrN2O. The predicted octanol–water partition coefficient (Wildman–Crippen LogP) is 2.02. The lowest BCUT2D eigenvalue weighted by molar-refractivity contribution is -0.128. The number of hydrogen-bond acceptors (Lipinski definition) is 2. The summed E-state index contributed by atoms with van der Waals surface area (Å²) in [7, 11) is 1.66. The third-order valence-electron chi connectivity index (χ3n) is 2.44. The van der Waals surface area contributed by atoms with Crippen molar-refractivity contribution < 1.29 is 4.79 Å². The molecule has 1 aliphatic rings. The number of carbonyl (C=O) groups is 1. The second-order valence-electron chi connectivity index (χ2n) is 3.65. The number of rotatable bonds is 1. The maximum absolute atomic E-state index is 11.8. The summed E-state index contributed by atoms with van der Waals surface area (Å²) in [6.45, 7) is 1.82. The lowest BCUT2D eigenvalue weighted by atomic mass is 9.99. The molecule has 0 spiro atoms. The third-order valence-corrected chi connectivity index (χ3v) is 3.15. The number of nitrogens with zero attached hydrogens (tertiary/aromatic N) is 2. The number of hydrogen-bond donors (Lipinski definition) is 0. The van der Waals surface area contributed by atoms with Gasteiger partial charge in [0.1, 0.15) is 4.32 Å². The molecule has 15 heavy (non-hydrogen) atoms. The molecule has 3 nitrogen and oxygen atoms in total. The Balaban J connectivity index is 2.48. The Kier molecular flexibility index (Phi) is 2.38. The smallest absolute Gasteiger partial charge is 0.265 e. The van der Waals surface area contributed by atoms with Crippen LogP contribution < -0.4 is 0 Å². The Labute approximate surface area is 96.9 Å². The van der Waals surface area contributed by atoms with Crippen molar-refractivity contribution in [2.75, 3.05) is 7.05 Å². The highest BCUT2D eigenvalue weighted by molar-refractivity contribution is 9.10. The van der Waals surface area contributed by atoms with Gasteiger partial charge in [-0.15, -0.1) is 0 Å². The van der Waals surface area contributed by atoms with E-state index in [-0.39, 0.29) is 5.91 Å². The first-order valence-electron chi connectivity index (χ1n) is 4.65. The summed E-state index contributed by atoms with van der Waals surface area (Å²) in [5.41, 5.74) is 1.73. The molecule has 0 N–H and O–H groups in total. The normalized spacial score (nSPS) is 25.7. The molecule has 1 amide bonds. The fraction of sp³-hybridized carbons (Fsp3) is 0.273. The molecule has 0 fully saturated rings. The van der Waals surface area contributed by atoms with Crippen LogP contribution in [0.15, 0.2) is 35.4 Å². The Morgan fingerprint density at radius 1 is 1.33 bits per heavy atom. The van der Waals surface area contributed by atoms with Crippen LogP contribution in [0.4, 0.5) is 0 Å². The minimum atomic E-state index is -0.705. The summed E-state index contributed by atoms with van der Waals surface area (Å²) >= 11 is 3.43. The second-order valence-corrected chi connectivity index (χ2v) is 5.23. The molecule has 1 atom stereocenters. The Hall–Kier alpha value is -1.16. The van der Waals surface area contributed by atoms with Crippen molar-refractivity contribution in [3.63, 3.8) is 0 Å². The highest BCUT2D eigenvalue weighted by atomic mass is 79.9. The van der Waals surface area contributed by atoms with Crippen molar-refractivity contribution in [2.45, 2.75) is 11.2 Å². The molecule has 0 aromatic heterocycles. The van der Waals surface area contributed by atoms with Crippen LogP contribution in [0, 0.1) is 0 Å². The number of amides is 1. The Morgan fingerprint density at radius 3 is 2.40 bits per heavy atom. The van der Waals surface area contributed by atoms with Gasteiger partial charge in [0.15, 0.2) is 0 Å². The number of benzene rings is 1. The van der Waals surface area contributed by atoms with Gasteiger partial charge in [-0.05, 0) is 12.5 Å². The van der Waals surface area contributed by atoms with Gasteiger partial charge in [-0.25, -0.2) is 5.01 Å². The van der Waals surface area contributed by atoms with E-state index >= 15 is 0 Å². The molecule has 0 unspecified atom stereocenters. The number of hydrazone groups is 1. The van der Waals surface area contributed by atoms with Crippen LogP contribution in [0.3, 0.4) is 0 Å². The average Bonchev–Trinajstić information content (AvgIpc) is 2.43. The summed E-state index contributed by atoms with van der Waals surface area (Å²) in [4.78, 5) is 11.8. The van der Waals surface area contributed by atoms with E-state index in [0.717, 1.165) is 11.3 Å². The van der Waals surface area contributed by atoms with E-state index in [9.17, 15) is 4.79 Å². The van der Waals surface area contributed by atoms with Gasteiger partial charge in [0.2, 0.25) is 0 Å². The van der Waals surface area contributed by atoms with Crippen LogP contribution in [0.2, 0.25) is 0 Å². The number of carbonyl (C=O) groups excluding carboxylic acids is 1. The molecule has 1 aromatic carbocycles. The highest BCUT2D eigenvalue weighted by Gasteiger charge is 2.44. The van der Waals surface area contributed by atoms with Crippen molar-refractivity contribution in [1.29, 1.82) is 0 Å². The molecule has 0 saturated carbocycles. The summed E-state index contributed by atoms with van der Waals surface area (Å²) in [5, 5.41) is 5.62. The SMILES string of the molecule is CN1N=C(c2ccccc2)[C@](C)(Br)C1=O. The molecule has 1 aromatic rings. The van der Waals surface area contributed by atoms with E-state index in [4.69, 9.17) is 0 Å². The van der Waals surface area contributed by atoms with E-state index in [1.165, 1.54) is 5.01 Å². The van der Waals surface area contributed by atoms with Gasteiger partial charge in [0.25, 0.3) is 5.91 Å². The fourth-order valence-corrected chi connectivity index (χ4v) is 2.18. The number of halogens is 1. The summed E-state index contributed by atoms with van der Waals surface area (Å²) in [6, 6.07) is 9.71. The molecule has 0 bridgehead atoms. The van der Waals surface area contributed by atoms with Crippen molar-refractivity contribution in [1.82, 2.24) is 5.01 Å². The molecule has 1 heterocycles. The van der Waals surface area contributed by atoms with Crippen LogP contribution in [-0.4, -0.2) is 28.0 Å². The predicted molar refractivity (Wildman–Crippen MR) is 63.1 cm³/mol. The summed E-state index contributed by atoms with van der Waals surface area (Å²) in [5.74, 6) is -0.0404. The highest BCUT2D eigenvalue weighted by Crippen LogP contribution is 2.31. The zero-order valence-electron chi connectivity index (χ0n) is 8.57. The lowest BCUT2D eigenvalue weighted by Crippen LogP contribution is -2.37. The van der Waals surface area contributed by atoms with Crippen LogP contribution in [-0.2, 0) is 4.79 Å². The first kappa shape index (κ1) is 10.4. The van der Waals surface area contributed by atoms with Crippen LogP contribution >= 0.6 is 15.9 Å². The zero-order valence-corrected chi connectivity index (χ0v) is 10.2. The summed E-state index contributed by atoms with van der Waals surface area (Å²) in [6.07, 6.45) is 0. The van der Waals surface area contributed by atoms with Gasteiger partial charge in [0.05, 0.1) is 5.71 Å². The molecular weight excluding hydrogens is 256 g/mol. The quantitative estimate of drug-likeness (QED) is 0.716. The largest absolute Gasteiger partial charge is 0.271 e. The van der Waals surface area contributed by atoms with Crippen molar-refractivity contribution in [3.8, 4) is 0 Å². The van der Waals surface area contributed by atoms with Crippen molar-refractivity contribution >= 4 is 27.5 Å². The van der Waals surface area contributed by atoms with Gasteiger partial charge in [-0.2, -0.15) is 5.10 Å². The molecule has 0 radical (unpaired) electrons. The van der Waals surface area contributed by atoms with E-state index < -0.39 is 4.32 Å². The monoisotopic (exact) mass is 266 g/mol. The second kappa shape index (κ2) is 3.45. The van der Waals surface area contributed by atoms with Crippen LogP contribution in [0.25, 0.3) is 0 Å². The van der Waals surface area contributed by atoms with Gasteiger partial charge in [0, 0.05) is 7.05 Å². The first-order chi connectivity index (χ1) is 7.03. The Bertz CT molecular complexity index is 425. The van der Waals surface area contributed by atoms with E-state index in [2.05, 4.69) is 21.0 Å². The van der Waals surface area contributed by atoms with Gasteiger partial charge in [-0.1, -0.05) is 46.3 Å². The molecule has 4 heteroatoms. The topological polar surface area (TPSA) is 32.7 Å². The maximum atomic E-state index is 11.8. The molecule has 2 rings (SSSR count). The molecule has 1 aliphatic heterocycles. The third kappa shape index (κ3) is 1.59. The standard InChI is InChI=1S/C11H11BrN2O/c1-11(12)9(13-14(2)10(11)15)8-6-4-3-5-7-8/h3-7H,1-2H3/t11-/m0/s1. The average molecular weight is 267 g/mol. The van der Waals surface area contributed by atoms with Gasteiger partial charge >= 0.3 is 0 Å². The van der Waals surface area contributed by atoms with Crippen molar-refractivity contribution in [3.05, 3.63) is 35.9 Å². The summed E-state index contributed by atoms with van der Waals surface area (Å²) < 4.78 is -0.705. The lowest BCUT2D eigenvalue weighted by Gasteiger charge is -2.15.